The quantitative estimate of drug-likeness (QED) is 0.135. The van der Waals surface area contributed by atoms with Crippen molar-refractivity contribution in [2.24, 2.45) is 5.73 Å². The fourth-order valence-corrected chi connectivity index (χ4v) is 9.64. The number of thiophene rings is 1. The van der Waals surface area contributed by atoms with Gasteiger partial charge in [0.25, 0.3) is 0 Å². The van der Waals surface area contributed by atoms with E-state index in [9.17, 15) is 23.1 Å². The molecule has 3 heterocycles. The van der Waals surface area contributed by atoms with Crippen molar-refractivity contribution in [2.45, 2.75) is 36.0 Å². The van der Waals surface area contributed by atoms with E-state index in [0.717, 1.165) is 27.4 Å². The summed E-state index contributed by atoms with van der Waals surface area (Å²) >= 11 is 2.48. The third-order valence-electron chi connectivity index (χ3n) is 8.72. The first-order valence-electron chi connectivity index (χ1n) is 16.4. The Labute approximate surface area is 315 Å². The summed E-state index contributed by atoms with van der Waals surface area (Å²) in [7, 11) is -1.58. The average molecular weight is 772 g/mol. The van der Waals surface area contributed by atoms with Gasteiger partial charge in [-0.2, -0.15) is 4.31 Å². The maximum absolute atomic E-state index is 14.4. The number of carbonyl (C=O) groups is 2. The lowest BCUT2D eigenvalue weighted by atomic mass is 9.85. The van der Waals surface area contributed by atoms with Crippen LogP contribution in [0.15, 0.2) is 120 Å². The molecule has 12 nitrogen and oxygen atoms in total. The molecule has 0 bridgehead atoms. The molecule has 3 aromatic carbocycles. The van der Waals surface area contributed by atoms with Gasteiger partial charge in [-0.1, -0.05) is 60.7 Å². The van der Waals surface area contributed by atoms with Gasteiger partial charge in [0.2, 0.25) is 21.8 Å². The Morgan fingerprint density at radius 2 is 1.58 bits per heavy atom. The van der Waals surface area contributed by atoms with Crippen LogP contribution in [0.5, 0.6) is 5.88 Å². The fourth-order valence-electron chi connectivity index (χ4n) is 6.06. The van der Waals surface area contributed by atoms with Crippen molar-refractivity contribution in [1.29, 1.82) is 0 Å². The molecule has 274 valence electrons. The fraction of sp³-hybridized carbons (Fsp3) is 0.211. The first kappa shape index (κ1) is 37.7. The first-order valence-corrected chi connectivity index (χ1v) is 19.6. The van der Waals surface area contributed by atoms with E-state index in [1.165, 1.54) is 42.1 Å². The number of thiazole rings is 1. The lowest BCUT2D eigenvalue weighted by Crippen LogP contribution is -2.49. The lowest BCUT2D eigenvalue weighted by molar-refractivity contribution is -0.131. The molecule has 2 atom stereocenters. The van der Waals surface area contributed by atoms with Crippen LogP contribution in [0.2, 0.25) is 0 Å². The molecule has 3 aromatic heterocycles. The highest BCUT2D eigenvalue weighted by Crippen LogP contribution is 2.36. The maximum atomic E-state index is 14.4. The lowest BCUT2D eigenvalue weighted by Gasteiger charge is -2.29. The highest BCUT2D eigenvalue weighted by molar-refractivity contribution is 7.89. The van der Waals surface area contributed by atoms with Crippen molar-refractivity contribution in [3.63, 3.8) is 0 Å². The van der Waals surface area contributed by atoms with Gasteiger partial charge >= 0.3 is 6.09 Å². The summed E-state index contributed by atoms with van der Waals surface area (Å²) in [6.07, 6.45) is 0.622. The third kappa shape index (κ3) is 8.30. The molecular formula is C38H37N5O7S3. The summed E-state index contributed by atoms with van der Waals surface area (Å²) in [6, 6.07) is 27.9. The summed E-state index contributed by atoms with van der Waals surface area (Å²) in [5, 5.41) is 10.8. The van der Waals surface area contributed by atoms with Crippen LogP contribution < -0.4 is 10.5 Å². The number of sulfonamides is 1. The van der Waals surface area contributed by atoms with Gasteiger partial charge in [-0.3, -0.25) is 4.79 Å². The van der Waals surface area contributed by atoms with Crippen LogP contribution in [0.3, 0.4) is 0 Å². The summed E-state index contributed by atoms with van der Waals surface area (Å²) in [5.74, 6) is -0.917. The molecule has 53 heavy (non-hydrogen) atoms. The monoisotopic (exact) mass is 771 g/mol. The Morgan fingerprint density at radius 3 is 2.23 bits per heavy atom. The van der Waals surface area contributed by atoms with E-state index in [4.69, 9.17) is 15.2 Å². The number of rotatable bonds is 14. The van der Waals surface area contributed by atoms with Crippen LogP contribution in [-0.4, -0.2) is 71.6 Å². The van der Waals surface area contributed by atoms with Crippen molar-refractivity contribution < 1.29 is 32.6 Å². The topological polar surface area (TPSA) is 165 Å². The van der Waals surface area contributed by atoms with Crippen LogP contribution in [-0.2, 0) is 32.6 Å². The summed E-state index contributed by atoms with van der Waals surface area (Å²) in [4.78, 5) is 37.7. The number of aromatic nitrogens is 2. The predicted octanol–water partition coefficient (Wildman–Crippen LogP) is 5.94. The van der Waals surface area contributed by atoms with Crippen LogP contribution in [0.4, 0.5) is 4.79 Å². The van der Waals surface area contributed by atoms with E-state index in [2.05, 4.69) is 9.97 Å². The average Bonchev–Trinajstić information content (AvgIpc) is 3.87. The number of imide groups is 1. The number of amides is 2. The van der Waals surface area contributed by atoms with E-state index >= 15 is 0 Å². The van der Waals surface area contributed by atoms with E-state index in [1.54, 1.807) is 41.9 Å². The van der Waals surface area contributed by atoms with E-state index in [1.807, 2.05) is 60.7 Å². The van der Waals surface area contributed by atoms with Crippen LogP contribution in [0.25, 0.3) is 10.2 Å². The number of nitrogens with zero attached hydrogens (tertiary/aromatic N) is 4. The Kier molecular flexibility index (Phi) is 11.9. The molecule has 0 aliphatic heterocycles. The smallest absolute Gasteiger partial charge is 0.416 e. The highest BCUT2D eigenvalue weighted by atomic mass is 32.2. The molecule has 0 aliphatic carbocycles. The number of benzene rings is 3. The summed E-state index contributed by atoms with van der Waals surface area (Å²) in [5.41, 5.74) is 11.2. The molecule has 0 spiro atoms. The molecule has 0 saturated heterocycles. The van der Waals surface area contributed by atoms with Crippen LogP contribution in [0, 0.1) is 0 Å². The zero-order chi connectivity index (χ0) is 37.5. The number of methoxy groups -OCH3 is 2. The summed E-state index contributed by atoms with van der Waals surface area (Å²) < 4.78 is 41.1. The molecule has 0 unspecified atom stereocenters. The minimum atomic E-state index is -4.22. The SMILES string of the molecule is COC(=O)N(Cc1ccc([C@H](CO)N(Cc2ccnc(OC)c2)S(=O)(=O)c2ccc3ncsc3c2)s1)C(=O)[C@@H](N)C(c1ccccc1)c1ccccc1. The van der Waals surface area contributed by atoms with Gasteiger partial charge in [0.05, 0.1) is 60.1 Å². The third-order valence-corrected chi connectivity index (χ3v) is 12.5. The molecule has 15 heteroatoms. The van der Waals surface area contributed by atoms with E-state index in [0.29, 0.717) is 31.4 Å². The molecule has 0 saturated carbocycles. The second kappa shape index (κ2) is 16.8. The van der Waals surface area contributed by atoms with Crippen molar-refractivity contribution in [3.05, 3.63) is 141 Å². The second-order valence-corrected chi connectivity index (χ2v) is 15.9. The molecule has 6 rings (SSSR count). The minimum Gasteiger partial charge on any atom is -0.481 e. The van der Waals surface area contributed by atoms with Gasteiger partial charge in [-0.25, -0.2) is 28.1 Å². The molecule has 0 radical (unpaired) electrons. The van der Waals surface area contributed by atoms with Gasteiger partial charge < -0.3 is 20.3 Å². The Bertz CT molecular complexity index is 2240. The summed E-state index contributed by atoms with van der Waals surface area (Å²) in [6.45, 7) is -0.887. The van der Waals surface area contributed by atoms with Gasteiger partial charge in [-0.05, 0) is 53.1 Å². The molecule has 6 aromatic rings. The van der Waals surface area contributed by atoms with E-state index in [-0.39, 0.29) is 18.0 Å². The number of hydrogen-bond acceptors (Lipinski definition) is 12. The van der Waals surface area contributed by atoms with Crippen LogP contribution in [0.1, 0.15) is 38.4 Å². The maximum Gasteiger partial charge on any atom is 0.416 e. The number of aliphatic hydroxyl groups excluding tert-OH is 1. The molecule has 2 amide bonds. The first-order chi connectivity index (χ1) is 25.6. The zero-order valence-electron chi connectivity index (χ0n) is 28.8. The molecule has 0 aliphatic rings. The van der Waals surface area contributed by atoms with Gasteiger partial charge in [0, 0.05) is 34.5 Å². The second-order valence-electron chi connectivity index (χ2n) is 12.0. The number of carbonyl (C=O) groups excluding carboxylic acids is 2. The zero-order valence-corrected chi connectivity index (χ0v) is 31.3. The normalized spacial score (nSPS) is 12.9. The van der Waals surface area contributed by atoms with E-state index < -0.39 is 46.6 Å². The molecular weight excluding hydrogens is 735 g/mol. The number of ether oxygens (including phenoxy) is 2. The Balaban J connectivity index is 1.33. The minimum absolute atomic E-state index is 0.0355. The molecule has 0 fully saturated rings. The van der Waals surface area contributed by atoms with Crippen molar-refractivity contribution >= 4 is 54.9 Å². The Morgan fingerprint density at radius 1 is 0.887 bits per heavy atom. The Hall–Kier alpha value is -5.03. The number of hydrogen-bond donors (Lipinski definition) is 2. The van der Waals surface area contributed by atoms with Gasteiger partial charge in [0.15, 0.2) is 0 Å². The molecule has 3 N–H and O–H groups in total. The standard InChI is InChI=1S/C38H37N5O7S3/c1-49-34-19-25(17-18-40-34)21-43(53(47,48)29-14-15-30-33(20-29)51-24-41-30)31(23-44)32-16-13-28(52-32)22-42(38(46)50-2)37(45)36(39)35(26-9-5-3-6-10-26)27-11-7-4-8-12-27/h3-20,24,31,35-36,44H,21-23,39H2,1-2H3/t31-,36-/m0/s1. The number of pyridine rings is 1. The van der Waals surface area contributed by atoms with Crippen molar-refractivity contribution in [3.8, 4) is 5.88 Å². The number of aliphatic hydroxyl groups is 1. The highest BCUT2D eigenvalue weighted by Gasteiger charge is 2.36. The van der Waals surface area contributed by atoms with Crippen molar-refractivity contribution in [2.75, 3.05) is 20.8 Å². The van der Waals surface area contributed by atoms with Gasteiger partial charge in [-0.15, -0.1) is 22.7 Å². The van der Waals surface area contributed by atoms with Crippen molar-refractivity contribution in [1.82, 2.24) is 19.2 Å². The number of fused-ring (bicyclic) bond motifs is 1. The number of nitrogens with two attached hydrogens (primary N) is 1. The predicted molar refractivity (Wildman–Crippen MR) is 203 cm³/mol. The van der Waals surface area contributed by atoms with Gasteiger partial charge in [0.1, 0.15) is 0 Å². The largest absolute Gasteiger partial charge is 0.481 e. The van der Waals surface area contributed by atoms with Crippen LogP contribution >= 0.6 is 22.7 Å².